The van der Waals surface area contributed by atoms with Gasteiger partial charge in [0.25, 0.3) is 0 Å². The lowest BCUT2D eigenvalue weighted by atomic mass is 9.94. The van der Waals surface area contributed by atoms with E-state index < -0.39 is 0 Å². The van der Waals surface area contributed by atoms with Gasteiger partial charge < -0.3 is 24.4 Å². The molecule has 0 saturated carbocycles. The normalized spacial score (nSPS) is 17.6. The first-order valence-electron chi connectivity index (χ1n) is 12.5. The SMILES string of the molecule is CCOc1cc(CN2CCC(C(=O)N3CCN(c4ccccc4OCC)CC3)CC2)ccc1O. The molecular formula is C27H37N3O4. The maximum Gasteiger partial charge on any atom is 0.225 e. The van der Waals surface area contributed by atoms with E-state index in [0.717, 1.165) is 75.7 Å². The molecule has 2 aliphatic heterocycles. The van der Waals surface area contributed by atoms with Crippen LogP contribution in [0.15, 0.2) is 42.5 Å². The van der Waals surface area contributed by atoms with E-state index in [1.807, 2.05) is 44.2 Å². The molecule has 4 rings (SSSR count). The largest absolute Gasteiger partial charge is 0.504 e. The van der Waals surface area contributed by atoms with E-state index in [2.05, 4.69) is 20.8 Å². The van der Waals surface area contributed by atoms with Gasteiger partial charge in [0, 0.05) is 38.6 Å². The minimum absolute atomic E-state index is 0.109. The second kappa shape index (κ2) is 11.5. The average molecular weight is 468 g/mol. The number of carbonyl (C=O) groups is 1. The molecular weight excluding hydrogens is 430 g/mol. The Bertz CT molecular complexity index is 951. The molecule has 2 heterocycles. The van der Waals surface area contributed by atoms with Crippen molar-refractivity contribution in [1.82, 2.24) is 9.80 Å². The molecule has 1 amide bonds. The van der Waals surface area contributed by atoms with Crippen LogP contribution in [0.1, 0.15) is 32.3 Å². The van der Waals surface area contributed by atoms with Crippen molar-refractivity contribution in [3.05, 3.63) is 48.0 Å². The number of amides is 1. The van der Waals surface area contributed by atoms with Gasteiger partial charge in [0.15, 0.2) is 11.5 Å². The van der Waals surface area contributed by atoms with E-state index in [1.54, 1.807) is 6.07 Å². The van der Waals surface area contributed by atoms with Crippen LogP contribution < -0.4 is 14.4 Å². The zero-order chi connectivity index (χ0) is 23.9. The first kappa shape index (κ1) is 24.2. The Balaban J connectivity index is 1.26. The van der Waals surface area contributed by atoms with E-state index in [9.17, 15) is 9.90 Å². The van der Waals surface area contributed by atoms with Crippen LogP contribution in [0, 0.1) is 5.92 Å². The summed E-state index contributed by atoms with van der Waals surface area (Å²) >= 11 is 0. The molecule has 0 bridgehead atoms. The van der Waals surface area contributed by atoms with Crippen molar-refractivity contribution in [3.63, 3.8) is 0 Å². The number of para-hydroxylation sites is 2. The number of anilines is 1. The number of piperidine rings is 1. The van der Waals surface area contributed by atoms with Crippen LogP contribution in [0.25, 0.3) is 0 Å². The van der Waals surface area contributed by atoms with Gasteiger partial charge in [-0.05, 0) is 69.6 Å². The highest BCUT2D eigenvalue weighted by molar-refractivity contribution is 5.79. The molecule has 0 spiro atoms. The molecule has 0 radical (unpaired) electrons. The summed E-state index contributed by atoms with van der Waals surface area (Å²) in [5.41, 5.74) is 2.24. The number of nitrogens with zero attached hydrogens (tertiary/aromatic N) is 3. The molecule has 2 saturated heterocycles. The summed E-state index contributed by atoms with van der Waals surface area (Å²) in [6, 6.07) is 13.7. The van der Waals surface area contributed by atoms with Crippen LogP contribution in [0.4, 0.5) is 5.69 Å². The van der Waals surface area contributed by atoms with Crippen molar-refractivity contribution in [2.75, 3.05) is 57.4 Å². The van der Waals surface area contributed by atoms with E-state index in [0.29, 0.717) is 24.9 Å². The van der Waals surface area contributed by atoms with E-state index in [4.69, 9.17) is 9.47 Å². The number of carbonyl (C=O) groups excluding carboxylic acids is 1. The quantitative estimate of drug-likeness (QED) is 0.638. The van der Waals surface area contributed by atoms with E-state index in [-0.39, 0.29) is 11.7 Å². The van der Waals surface area contributed by atoms with Crippen LogP contribution >= 0.6 is 0 Å². The molecule has 2 fully saturated rings. The zero-order valence-electron chi connectivity index (χ0n) is 20.4. The Morgan fingerprint density at radius 3 is 2.29 bits per heavy atom. The second-order valence-corrected chi connectivity index (χ2v) is 9.00. The predicted octanol–water partition coefficient (Wildman–Crippen LogP) is 3.75. The van der Waals surface area contributed by atoms with Crippen LogP contribution in [0.5, 0.6) is 17.2 Å². The fraction of sp³-hybridized carbons (Fsp3) is 0.519. The molecule has 34 heavy (non-hydrogen) atoms. The number of hydrogen-bond acceptors (Lipinski definition) is 6. The smallest absolute Gasteiger partial charge is 0.225 e. The van der Waals surface area contributed by atoms with Crippen molar-refractivity contribution in [3.8, 4) is 17.2 Å². The molecule has 0 aliphatic carbocycles. The highest BCUT2D eigenvalue weighted by Crippen LogP contribution is 2.30. The Morgan fingerprint density at radius 2 is 1.59 bits per heavy atom. The third-order valence-corrected chi connectivity index (χ3v) is 6.76. The summed E-state index contributed by atoms with van der Waals surface area (Å²) in [4.78, 5) is 20.0. The molecule has 0 unspecified atom stereocenters. The van der Waals surface area contributed by atoms with Crippen molar-refractivity contribution in [1.29, 1.82) is 0 Å². The molecule has 2 aromatic rings. The minimum atomic E-state index is 0.109. The van der Waals surface area contributed by atoms with Crippen LogP contribution in [0.2, 0.25) is 0 Å². The lowest BCUT2D eigenvalue weighted by molar-refractivity contribution is -0.137. The summed E-state index contributed by atoms with van der Waals surface area (Å²) in [5, 5.41) is 9.92. The Morgan fingerprint density at radius 1 is 0.912 bits per heavy atom. The van der Waals surface area contributed by atoms with Gasteiger partial charge in [-0.2, -0.15) is 0 Å². The lowest BCUT2D eigenvalue weighted by Crippen LogP contribution is -2.51. The van der Waals surface area contributed by atoms with Gasteiger partial charge in [0.05, 0.1) is 18.9 Å². The number of aromatic hydroxyl groups is 1. The summed E-state index contributed by atoms with van der Waals surface area (Å²) in [6.45, 7) is 10.9. The highest BCUT2D eigenvalue weighted by atomic mass is 16.5. The van der Waals surface area contributed by atoms with E-state index in [1.165, 1.54) is 0 Å². The number of ether oxygens (including phenoxy) is 2. The maximum atomic E-state index is 13.2. The second-order valence-electron chi connectivity index (χ2n) is 9.00. The third kappa shape index (κ3) is 5.76. The average Bonchev–Trinajstić information content (AvgIpc) is 2.87. The van der Waals surface area contributed by atoms with Crippen LogP contribution in [-0.4, -0.2) is 73.3 Å². The first-order chi connectivity index (χ1) is 16.6. The predicted molar refractivity (Wildman–Crippen MR) is 134 cm³/mol. The monoisotopic (exact) mass is 467 g/mol. The topological polar surface area (TPSA) is 65.5 Å². The Hall–Kier alpha value is -2.93. The summed E-state index contributed by atoms with van der Waals surface area (Å²) in [7, 11) is 0. The minimum Gasteiger partial charge on any atom is -0.504 e. The molecule has 0 atom stereocenters. The Labute approximate surface area is 202 Å². The summed E-state index contributed by atoms with van der Waals surface area (Å²) in [5.74, 6) is 2.04. The van der Waals surface area contributed by atoms with Gasteiger partial charge in [-0.1, -0.05) is 18.2 Å². The standard InChI is InChI=1S/C27H37N3O4/c1-3-33-25-8-6-5-7-23(25)29-15-17-30(18-16-29)27(32)22-11-13-28(14-12-22)20-21-9-10-24(31)26(19-21)34-4-2/h5-10,19,22,31H,3-4,11-18,20H2,1-2H3. The van der Waals surface area contributed by atoms with Gasteiger partial charge in [-0.15, -0.1) is 0 Å². The van der Waals surface area contributed by atoms with Gasteiger partial charge in [-0.25, -0.2) is 0 Å². The molecule has 7 heteroatoms. The van der Waals surface area contributed by atoms with Crippen molar-refractivity contribution < 1.29 is 19.4 Å². The van der Waals surface area contributed by atoms with Crippen molar-refractivity contribution >= 4 is 11.6 Å². The third-order valence-electron chi connectivity index (χ3n) is 6.76. The van der Waals surface area contributed by atoms with Gasteiger partial charge in [0.1, 0.15) is 5.75 Å². The molecule has 7 nitrogen and oxygen atoms in total. The van der Waals surface area contributed by atoms with Crippen molar-refractivity contribution in [2.45, 2.75) is 33.2 Å². The number of phenolic OH excluding ortho intramolecular Hbond substituents is 1. The number of phenols is 1. The molecule has 2 aromatic carbocycles. The molecule has 2 aliphatic rings. The lowest BCUT2D eigenvalue weighted by Gasteiger charge is -2.39. The maximum absolute atomic E-state index is 13.2. The number of likely N-dealkylation sites (tertiary alicyclic amines) is 1. The summed E-state index contributed by atoms with van der Waals surface area (Å²) in [6.07, 6.45) is 1.78. The molecule has 1 N–H and O–H groups in total. The number of hydrogen-bond donors (Lipinski definition) is 1. The van der Waals surface area contributed by atoms with Gasteiger partial charge in [0.2, 0.25) is 5.91 Å². The molecule has 184 valence electrons. The highest BCUT2D eigenvalue weighted by Gasteiger charge is 2.31. The van der Waals surface area contributed by atoms with Gasteiger partial charge in [-0.3, -0.25) is 9.69 Å². The Kier molecular flexibility index (Phi) is 8.16. The van der Waals surface area contributed by atoms with Crippen molar-refractivity contribution in [2.24, 2.45) is 5.92 Å². The first-order valence-corrected chi connectivity index (χ1v) is 12.5. The van der Waals surface area contributed by atoms with Crippen LogP contribution in [0.3, 0.4) is 0 Å². The van der Waals surface area contributed by atoms with E-state index >= 15 is 0 Å². The summed E-state index contributed by atoms with van der Waals surface area (Å²) < 4.78 is 11.3. The zero-order valence-corrected chi connectivity index (χ0v) is 20.4. The fourth-order valence-corrected chi connectivity index (χ4v) is 4.95. The number of rotatable bonds is 8. The molecule has 0 aromatic heterocycles. The van der Waals surface area contributed by atoms with Crippen LogP contribution in [-0.2, 0) is 11.3 Å². The fourth-order valence-electron chi connectivity index (χ4n) is 4.95. The number of piperazine rings is 1. The van der Waals surface area contributed by atoms with Gasteiger partial charge >= 0.3 is 0 Å². The number of benzene rings is 2.